The van der Waals surface area contributed by atoms with Crippen LogP contribution in [0.1, 0.15) is 50.5 Å². The number of amides is 1. The Balaban J connectivity index is 2.82. The zero-order valence-electron chi connectivity index (χ0n) is 15.0. The molecule has 0 aliphatic carbocycles. The van der Waals surface area contributed by atoms with Crippen LogP contribution in [0, 0.1) is 0 Å². The predicted octanol–water partition coefficient (Wildman–Crippen LogP) is 2.63. The molecular formula is C18H28N2O3. The van der Waals surface area contributed by atoms with Crippen LogP contribution in [0.3, 0.4) is 0 Å². The summed E-state index contributed by atoms with van der Waals surface area (Å²) in [6.07, 6.45) is 0. The van der Waals surface area contributed by atoms with E-state index < -0.39 is 0 Å². The van der Waals surface area contributed by atoms with E-state index in [9.17, 15) is 9.59 Å². The van der Waals surface area contributed by atoms with E-state index in [1.807, 2.05) is 51.8 Å². The molecule has 1 N–H and O–H groups in total. The van der Waals surface area contributed by atoms with Gasteiger partial charge in [0.25, 0.3) is 0 Å². The molecule has 0 aromatic heterocycles. The number of ketones is 1. The third-order valence-electron chi connectivity index (χ3n) is 3.14. The van der Waals surface area contributed by atoms with Gasteiger partial charge in [-0.25, -0.2) is 0 Å². The van der Waals surface area contributed by atoms with E-state index >= 15 is 0 Å². The van der Waals surface area contributed by atoms with E-state index in [1.165, 1.54) is 0 Å². The largest absolute Gasteiger partial charge is 0.494 e. The summed E-state index contributed by atoms with van der Waals surface area (Å²) in [6.45, 7) is 10.7. The molecule has 0 unspecified atom stereocenters. The maximum atomic E-state index is 12.0. The standard InChI is InChI=1S/C18H28N2O3/c1-7-23-16-9-8-14(13(2)21)10-15(16)11-20(6)12-17(22)19-18(3,4)5/h8-10H,7,11-12H2,1-6H3,(H,19,22). The van der Waals surface area contributed by atoms with Gasteiger partial charge in [0.15, 0.2) is 5.78 Å². The minimum Gasteiger partial charge on any atom is -0.494 e. The highest BCUT2D eigenvalue weighted by molar-refractivity contribution is 5.94. The summed E-state index contributed by atoms with van der Waals surface area (Å²) in [6, 6.07) is 5.42. The van der Waals surface area contributed by atoms with Gasteiger partial charge in [0.1, 0.15) is 5.75 Å². The topological polar surface area (TPSA) is 58.6 Å². The third-order valence-corrected chi connectivity index (χ3v) is 3.14. The van der Waals surface area contributed by atoms with Crippen molar-refractivity contribution in [1.82, 2.24) is 10.2 Å². The van der Waals surface area contributed by atoms with Crippen LogP contribution in [0.5, 0.6) is 5.75 Å². The lowest BCUT2D eigenvalue weighted by Gasteiger charge is -2.24. The fourth-order valence-electron chi connectivity index (χ4n) is 2.27. The highest BCUT2D eigenvalue weighted by Gasteiger charge is 2.16. The van der Waals surface area contributed by atoms with E-state index in [0.29, 0.717) is 18.7 Å². The molecule has 1 amide bonds. The maximum Gasteiger partial charge on any atom is 0.234 e. The average molecular weight is 320 g/mol. The van der Waals surface area contributed by atoms with Crippen LogP contribution >= 0.6 is 0 Å². The van der Waals surface area contributed by atoms with E-state index in [2.05, 4.69) is 5.32 Å². The van der Waals surface area contributed by atoms with Crippen molar-refractivity contribution in [3.63, 3.8) is 0 Å². The molecule has 1 aromatic carbocycles. The van der Waals surface area contributed by atoms with Gasteiger partial charge in [0.05, 0.1) is 13.2 Å². The number of carbonyl (C=O) groups is 2. The molecule has 1 aromatic rings. The summed E-state index contributed by atoms with van der Waals surface area (Å²) < 4.78 is 5.62. The Kier molecular flexibility index (Phi) is 6.76. The first-order valence-corrected chi connectivity index (χ1v) is 7.88. The zero-order valence-corrected chi connectivity index (χ0v) is 15.0. The lowest BCUT2D eigenvalue weighted by molar-refractivity contribution is -0.123. The first-order chi connectivity index (χ1) is 10.6. The van der Waals surface area contributed by atoms with Gasteiger partial charge >= 0.3 is 0 Å². The summed E-state index contributed by atoms with van der Waals surface area (Å²) in [5.74, 6) is 0.740. The van der Waals surface area contributed by atoms with Crippen LogP contribution in [0.2, 0.25) is 0 Å². The molecule has 0 saturated heterocycles. The Hall–Kier alpha value is -1.88. The second-order valence-corrected chi connectivity index (χ2v) is 6.78. The second-order valence-electron chi connectivity index (χ2n) is 6.78. The number of benzene rings is 1. The van der Waals surface area contributed by atoms with Crippen LogP contribution in [-0.2, 0) is 11.3 Å². The molecule has 1 rings (SSSR count). The Morgan fingerprint density at radius 2 is 1.91 bits per heavy atom. The summed E-state index contributed by atoms with van der Waals surface area (Å²) in [5, 5.41) is 2.94. The minimum absolute atomic E-state index is 0.0161. The van der Waals surface area contributed by atoms with Gasteiger partial charge < -0.3 is 10.1 Å². The molecule has 0 radical (unpaired) electrons. The number of hydrogen-bond acceptors (Lipinski definition) is 4. The van der Waals surface area contributed by atoms with Crippen LogP contribution in [0.25, 0.3) is 0 Å². The van der Waals surface area contributed by atoms with E-state index in [-0.39, 0.29) is 23.8 Å². The summed E-state index contributed by atoms with van der Waals surface area (Å²) in [5.41, 5.74) is 1.31. The van der Waals surface area contributed by atoms with Crippen molar-refractivity contribution >= 4 is 11.7 Å². The molecule has 0 fully saturated rings. The first kappa shape index (κ1) is 19.2. The molecule has 0 aliphatic rings. The van der Waals surface area contributed by atoms with E-state index in [4.69, 9.17) is 4.74 Å². The van der Waals surface area contributed by atoms with Crippen molar-refractivity contribution < 1.29 is 14.3 Å². The molecule has 5 heteroatoms. The molecule has 0 aliphatic heterocycles. The lowest BCUT2D eigenvalue weighted by atomic mass is 10.1. The van der Waals surface area contributed by atoms with Crippen LogP contribution in [-0.4, -0.2) is 42.3 Å². The zero-order chi connectivity index (χ0) is 17.6. The van der Waals surface area contributed by atoms with Crippen molar-refractivity contribution in [3.05, 3.63) is 29.3 Å². The van der Waals surface area contributed by atoms with Gasteiger partial charge in [-0.05, 0) is 59.9 Å². The molecular weight excluding hydrogens is 292 g/mol. The highest BCUT2D eigenvalue weighted by atomic mass is 16.5. The van der Waals surface area contributed by atoms with Crippen LogP contribution in [0.15, 0.2) is 18.2 Å². The smallest absolute Gasteiger partial charge is 0.234 e. The molecule has 23 heavy (non-hydrogen) atoms. The molecule has 0 bridgehead atoms. The number of carbonyl (C=O) groups excluding carboxylic acids is 2. The number of rotatable bonds is 7. The quantitative estimate of drug-likeness (QED) is 0.785. The number of nitrogens with one attached hydrogen (secondary N) is 1. The maximum absolute atomic E-state index is 12.0. The number of likely N-dealkylation sites (N-methyl/N-ethyl adjacent to an activating group) is 1. The van der Waals surface area contributed by atoms with Crippen molar-refractivity contribution in [1.29, 1.82) is 0 Å². The van der Waals surface area contributed by atoms with Gasteiger partial charge in [-0.15, -0.1) is 0 Å². The number of ether oxygens (including phenoxy) is 1. The van der Waals surface area contributed by atoms with Crippen LogP contribution < -0.4 is 10.1 Å². The Labute approximate surface area is 139 Å². The number of Topliss-reactive ketones (excluding diaryl/α,β-unsaturated/α-hetero) is 1. The van der Waals surface area contributed by atoms with Gasteiger partial charge in [0, 0.05) is 23.2 Å². The van der Waals surface area contributed by atoms with Crippen molar-refractivity contribution in [2.75, 3.05) is 20.2 Å². The van der Waals surface area contributed by atoms with E-state index in [0.717, 1.165) is 11.3 Å². The van der Waals surface area contributed by atoms with Crippen LogP contribution in [0.4, 0.5) is 0 Å². The van der Waals surface area contributed by atoms with Gasteiger partial charge in [-0.1, -0.05) is 0 Å². The Bertz CT molecular complexity index is 562. The van der Waals surface area contributed by atoms with Gasteiger partial charge in [-0.3, -0.25) is 14.5 Å². The Morgan fingerprint density at radius 3 is 2.43 bits per heavy atom. The normalized spacial score (nSPS) is 11.4. The van der Waals surface area contributed by atoms with Gasteiger partial charge in [-0.2, -0.15) is 0 Å². The molecule has 128 valence electrons. The molecule has 0 saturated carbocycles. The molecule has 5 nitrogen and oxygen atoms in total. The fourth-order valence-corrected chi connectivity index (χ4v) is 2.27. The summed E-state index contributed by atoms with van der Waals surface area (Å²) in [4.78, 5) is 25.5. The lowest BCUT2D eigenvalue weighted by Crippen LogP contribution is -2.45. The third kappa shape index (κ3) is 6.82. The average Bonchev–Trinajstić information content (AvgIpc) is 2.38. The predicted molar refractivity (Wildman–Crippen MR) is 91.8 cm³/mol. The summed E-state index contributed by atoms with van der Waals surface area (Å²) in [7, 11) is 1.87. The second kappa shape index (κ2) is 8.11. The first-order valence-electron chi connectivity index (χ1n) is 7.88. The summed E-state index contributed by atoms with van der Waals surface area (Å²) >= 11 is 0. The monoisotopic (exact) mass is 320 g/mol. The van der Waals surface area contributed by atoms with Crippen molar-refractivity contribution in [2.24, 2.45) is 0 Å². The highest BCUT2D eigenvalue weighted by Crippen LogP contribution is 2.22. The SMILES string of the molecule is CCOc1ccc(C(C)=O)cc1CN(C)CC(=O)NC(C)(C)C. The van der Waals surface area contributed by atoms with Gasteiger partial charge in [0.2, 0.25) is 5.91 Å². The molecule has 0 atom stereocenters. The molecule has 0 heterocycles. The number of nitrogens with zero attached hydrogens (tertiary/aromatic N) is 1. The Morgan fingerprint density at radius 1 is 1.26 bits per heavy atom. The fraction of sp³-hybridized carbons (Fsp3) is 0.556. The molecule has 0 spiro atoms. The number of hydrogen-bond donors (Lipinski definition) is 1. The van der Waals surface area contributed by atoms with E-state index in [1.54, 1.807) is 13.0 Å². The minimum atomic E-state index is -0.247. The van der Waals surface area contributed by atoms with Crippen molar-refractivity contribution in [2.45, 2.75) is 46.7 Å². The van der Waals surface area contributed by atoms with Crippen molar-refractivity contribution in [3.8, 4) is 5.75 Å².